The highest BCUT2D eigenvalue weighted by Crippen LogP contribution is 2.21. The molecule has 1 saturated heterocycles. The number of amides is 1. The van der Waals surface area contributed by atoms with Gasteiger partial charge in [-0.25, -0.2) is 4.79 Å². The molecule has 0 aliphatic carbocycles. The molecule has 0 unspecified atom stereocenters. The van der Waals surface area contributed by atoms with E-state index in [4.69, 9.17) is 4.74 Å². The number of carbonyl (C=O) groups is 1. The maximum absolute atomic E-state index is 12.9. The topological polar surface area (TPSA) is 96.4 Å². The normalized spacial score (nSPS) is 15.7. The molecule has 0 bridgehead atoms. The van der Waals surface area contributed by atoms with Crippen LogP contribution in [0.2, 0.25) is 0 Å². The Kier molecular flexibility index (Phi) is 6.53. The fourth-order valence-corrected chi connectivity index (χ4v) is 4.16. The summed E-state index contributed by atoms with van der Waals surface area (Å²) in [5.41, 5.74) is 1.04. The lowest BCUT2D eigenvalue weighted by Crippen LogP contribution is -2.43. The van der Waals surface area contributed by atoms with Gasteiger partial charge in [-0.15, -0.1) is 0 Å². The molecule has 0 saturated carbocycles. The number of fused-ring (bicyclic) bond motifs is 1. The molecule has 8 heteroatoms. The van der Waals surface area contributed by atoms with Crippen LogP contribution in [-0.2, 0) is 4.74 Å². The number of carbonyl (C=O) groups excluding carboxylic acids is 1. The lowest BCUT2D eigenvalue weighted by molar-refractivity contribution is 0.0162. The van der Waals surface area contributed by atoms with E-state index < -0.39 is 5.69 Å². The first kappa shape index (κ1) is 22.0. The van der Waals surface area contributed by atoms with Crippen molar-refractivity contribution >= 4 is 16.8 Å². The molecule has 32 heavy (non-hydrogen) atoms. The quantitative estimate of drug-likeness (QED) is 0.617. The molecule has 1 fully saturated rings. The van der Waals surface area contributed by atoms with E-state index in [-0.39, 0.29) is 23.6 Å². The van der Waals surface area contributed by atoms with Gasteiger partial charge in [-0.2, -0.15) is 0 Å². The Morgan fingerprint density at radius 2 is 1.81 bits per heavy atom. The van der Waals surface area contributed by atoms with E-state index in [0.29, 0.717) is 36.2 Å². The van der Waals surface area contributed by atoms with Crippen molar-refractivity contribution in [1.29, 1.82) is 0 Å². The molecule has 1 aliphatic heterocycles. The van der Waals surface area contributed by atoms with Gasteiger partial charge in [0.05, 0.1) is 30.2 Å². The van der Waals surface area contributed by atoms with Crippen molar-refractivity contribution < 1.29 is 9.53 Å². The van der Waals surface area contributed by atoms with E-state index >= 15 is 0 Å². The molecule has 1 amide bonds. The summed E-state index contributed by atoms with van der Waals surface area (Å²) in [5, 5.41) is 3.40. The number of morpholine rings is 1. The van der Waals surface area contributed by atoms with Crippen molar-refractivity contribution in [3.05, 3.63) is 80.5 Å². The average Bonchev–Trinajstić information content (AvgIpc) is 2.80. The largest absolute Gasteiger partial charge is 0.379 e. The molecule has 1 aromatic heterocycles. The summed E-state index contributed by atoms with van der Waals surface area (Å²) in [6.45, 7) is 6.94. The highest BCUT2D eigenvalue weighted by molar-refractivity contribution is 5.97. The second-order valence-corrected chi connectivity index (χ2v) is 8.24. The van der Waals surface area contributed by atoms with Crippen LogP contribution in [0.3, 0.4) is 0 Å². The zero-order valence-electron chi connectivity index (χ0n) is 18.3. The highest BCUT2D eigenvalue weighted by Gasteiger charge is 2.23. The van der Waals surface area contributed by atoms with E-state index in [0.717, 1.165) is 18.7 Å². The molecule has 1 atom stereocenters. The van der Waals surface area contributed by atoms with Gasteiger partial charge in [-0.3, -0.25) is 19.1 Å². The molecule has 0 radical (unpaired) electrons. The summed E-state index contributed by atoms with van der Waals surface area (Å²) in [7, 11) is 0. The van der Waals surface area contributed by atoms with Crippen LogP contribution in [0.1, 0.15) is 41.9 Å². The number of aromatic amines is 1. The van der Waals surface area contributed by atoms with Gasteiger partial charge < -0.3 is 15.0 Å². The van der Waals surface area contributed by atoms with Crippen LogP contribution in [0, 0.1) is 0 Å². The first-order chi connectivity index (χ1) is 15.5. The Morgan fingerprint density at radius 1 is 1.09 bits per heavy atom. The second kappa shape index (κ2) is 9.50. The number of nitrogens with zero attached hydrogens (tertiary/aromatic N) is 2. The number of aromatic nitrogens is 2. The number of benzene rings is 2. The zero-order valence-corrected chi connectivity index (χ0v) is 18.3. The minimum Gasteiger partial charge on any atom is -0.379 e. The Balaban J connectivity index is 1.56. The van der Waals surface area contributed by atoms with Crippen molar-refractivity contribution in [3.8, 4) is 0 Å². The Labute approximate surface area is 185 Å². The average molecular weight is 437 g/mol. The molecule has 2 heterocycles. The van der Waals surface area contributed by atoms with Crippen molar-refractivity contribution in [2.24, 2.45) is 0 Å². The summed E-state index contributed by atoms with van der Waals surface area (Å²) in [6.07, 6.45) is 0. The third-order valence-corrected chi connectivity index (χ3v) is 5.83. The van der Waals surface area contributed by atoms with Gasteiger partial charge in [0, 0.05) is 31.2 Å². The van der Waals surface area contributed by atoms with Gasteiger partial charge in [0.15, 0.2) is 0 Å². The minimum absolute atomic E-state index is 0.0301. The number of hydrogen-bond donors (Lipinski definition) is 2. The van der Waals surface area contributed by atoms with Crippen LogP contribution < -0.4 is 16.6 Å². The smallest absolute Gasteiger partial charge is 0.329 e. The maximum atomic E-state index is 12.9. The third kappa shape index (κ3) is 4.51. The first-order valence-electron chi connectivity index (χ1n) is 10.9. The monoisotopic (exact) mass is 436 g/mol. The fraction of sp³-hybridized carbons (Fsp3) is 0.375. The standard InChI is InChI=1S/C24H28N4O4/c1-16(2)28-23(30)19-9-8-18(14-20(19)26-24(28)31)22(29)25-15-21(17-6-4-3-5-7-17)27-10-12-32-13-11-27/h3-9,14,16,21H,10-13,15H2,1-2H3,(H,25,29)(H,26,31)/t21-/m0/s1. The summed E-state index contributed by atoms with van der Waals surface area (Å²) in [6, 6.07) is 14.6. The molecule has 168 valence electrons. The summed E-state index contributed by atoms with van der Waals surface area (Å²) >= 11 is 0. The van der Waals surface area contributed by atoms with Crippen LogP contribution in [0.4, 0.5) is 0 Å². The number of ether oxygens (including phenoxy) is 1. The molecule has 0 spiro atoms. The summed E-state index contributed by atoms with van der Waals surface area (Å²) in [4.78, 5) is 42.9. The van der Waals surface area contributed by atoms with Crippen molar-refractivity contribution in [2.45, 2.75) is 25.9 Å². The van der Waals surface area contributed by atoms with Crippen LogP contribution in [-0.4, -0.2) is 53.2 Å². The maximum Gasteiger partial charge on any atom is 0.329 e. The molecular formula is C24H28N4O4. The van der Waals surface area contributed by atoms with Crippen molar-refractivity contribution in [3.63, 3.8) is 0 Å². The molecule has 2 aromatic carbocycles. The number of rotatable bonds is 6. The second-order valence-electron chi connectivity index (χ2n) is 8.24. The SMILES string of the molecule is CC(C)n1c(=O)[nH]c2cc(C(=O)NC[C@@H](c3ccccc3)N3CCOCC3)ccc2c1=O. The zero-order chi connectivity index (χ0) is 22.7. The third-order valence-electron chi connectivity index (χ3n) is 5.83. The Morgan fingerprint density at radius 3 is 2.50 bits per heavy atom. The molecule has 2 N–H and O–H groups in total. The van der Waals surface area contributed by atoms with Gasteiger partial charge in [0.2, 0.25) is 0 Å². The fourth-order valence-electron chi connectivity index (χ4n) is 4.16. The van der Waals surface area contributed by atoms with E-state index in [1.165, 1.54) is 4.57 Å². The van der Waals surface area contributed by atoms with Gasteiger partial charge in [0.1, 0.15) is 0 Å². The van der Waals surface area contributed by atoms with Gasteiger partial charge in [-0.1, -0.05) is 30.3 Å². The molecule has 3 aromatic rings. The summed E-state index contributed by atoms with van der Waals surface area (Å²) in [5.74, 6) is -0.255. The highest BCUT2D eigenvalue weighted by atomic mass is 16.5. The molecule has 4 rings (SSSR count). The molecule has 1 aliphatic rings. The van der Waals surface area contributed by atoms with Crippen LogP contribution >= 0.6 is 0 Å². The van der Waals surface area contributed by atoms with E-state index in [9.17, 15) is 14.4 Å². The number of nitrogens with one attached hydrogen (secondary N) is 2. The lowest BCUT2D eigenvalue weighted by Gasteiger charge is -2.35. The van der Waals surface area contributed by atoms with E-state index in [1.807, 2.05) is 18.2 Å². The number of H-pyrrole nitrogens is 1. The molecule has 8 nitrogen and oxygen atoms in total. The predicted molar refractivity (Wildman–Crippen MR) is 123 cm³/mol. The predicted octanol–water partition coefficient (Wildman–Crippen LogP) is 2.07. The van der Waals surface area contributed by atoms with E-state index in [2.05, 4.69) is 27.3 Å². The van der Waals surface area contributed by atoms with Gasteiger partial charge >= 0.3 is 5.69 Å². The van der Waals surface area contributed by atoms with Crippen LogP contribution in [0.25, 0.3) is 10.9 Å². The van der Waals surface area contributed by atoms with Crippen molar-refractivity contribution in [2.75, 3.05) is 32.8 Å². The number of hydrogen-bond acceptors (Lipinski definition) is 5. The lowest BCUT2D eigenvalue weighted by atomic mass is 10.0. The van der Waals surface area contributed by atoms with Gasteiger partial charge in [-0.05, 0) is 37.6 Å². The van der Waals surface area contributed by atoms with Gasteiger partial charge in [0.25, 0.3) is 11.5 Å². The van der Waals surface area contributed by atoms with E-state index in [1.54, 1.807) is 32.0 Å². The Bertz CT molecular complexity index is 1210. The van der Waals surface area contributed by atoms with Crippen molar-refractivity contribution in [1.82, 2.24) is 19.8 Å². The minimum atomic E-state index is -0.480. The van der Waals surface area contributed by atoms with Crippen LogP contribution in [0.5, 0.6) is 0 Å². The van der Waals surface area contributed by atoms with Crippen LogP contribution in [0.15, 0.2) is 58.1 Å². The molecular weight excluding hydrogens is 408 g/mol. The first-order valence-corrected chi connectivity index (χ1v) is 10.9. The Hall–Kier alpha value is -3.23. The summed E-state index contributed by atoms with van der Waals surface area (Å²) < 4.78 is 6.65.